The highest BCUT2D eigenvalue weighted by atomic mass is 32.2. The number of aryl methyl sites for hydroxylation is 1. The van der Waals surface area contributed by atoms with Crippen molar-refractivity contribution >= 4 is 27.6 Å². The zero-order valence-corrected chi connectivity index (χ0v) is 17.6. The van der Waals surface area contributed by atoms with Gasteiger partial charge in [-0.15, -0.1) is 0 Å². The third-order valence-electron chi connectivity index (χ3n) is 4.12. The second-order valence-corrected chi connectivity index (χ2v) is 8.28. The summed E-state index contributed by atoms with van der Waals surface area (Å²) in [7, 11) is -1.00. The van der Waals surface area contributed by atoms with E-state index < -0.39 is 21.9 Å². The Kier molecular flexibility index (Phi) is 7.35. The van der Waals surface area contributed by atoms with Gasteiger partial charge < -0.3 is 14.8 Å². The molecule has 0 saturated heterocycles. The molecular weight excluding hydrogens is 396 g/mol. The molecule has 0 atom stereocenters. The molecule has 0 radical (unpaired) electrons. The summed E-state index contributed by atoms with van der Waals surface area (Å²) in [6, 6.07) is 10.6. The first-order valence-corrected chi connectivity index (χ1v) is 10.3. The van der Waals surface area contributed by atoms with Gasteiger partial charge in [0.05, 0.1) is 30.7 Å². The second-order valence-electron chi connectivity index (χ2n) is 6.24. The zero-order valence-electron chi connectivity index (χ0n) is 16.8. The lowest BCUT2D eigenvalue weighted by Crippen LogP contribution is -2.35. The van der Waals surface area contributed by atoms with E-state index in [1.165, 1.54) is 38.4 Å². The molecule has 156 valence electrons. The summed E-state index contributed by atoms with van der Waals surface area (Å²) < 4.78 is 36.4. The molecule has 0 aliphatic heterocycles. The van der Waals surface area contributed by atoms with Crippen molar-refractivity contribution in [3.05, 3.63) is 53.6 Å². The molecule has 0 aliphatic rings. The molecule has 2 rings (SSSR count). The fourth-order valence-corrected chi connectivity index (χ4v) is 3.80. The molecule has 0 fully saturated rings. The van der Waals surface area contributed by atoms with Gasteiger partial charge in [0.2, 0.25) is 15.9 Å². The van der Waals surface area contributed by atoms with Crippen molar-refractivity contribution in [2.24, 2.45) is 0 Å². The minimum atomic E-state index is -3.84. The van der Waals surface area contributed by atoms with E-state index in [-0.39, 0.29) is 18.0 Å². The lowest BCUT2D eigenvalue weighted by atomic mass is 10.2. The highest BCUT2D eigenvalue weighted by Gasteiger charge is 2.23. The van der Waals surface area contributed by atoms with Gasteiger partial charge >= 0.3 is 5.97 Å². The molecule has 8 nitrogen and oxygen atoms in total. The van der Waals surface area contributed by atoms with E-state index >= 15 is 0 Å². The summed E-state index contributed by atoms with van der Waals surface area (Å²) >= 11 is 0. The molecule has 0 spiro atoms. The number of amides is 1. The largest absolute Gasteiger partial charge is 0.496 e. The Morgan fingerprint density at radius 1 is 1.10 bits per heavy atom. The van der Waals surface area contributed by atoms with Gasteiger partial charge in [-0.1, -0.05) is 0 Å². The summed E-state index contributed by atoms with van der Waals surface area (Å²) in [4.78, 5) is 24.0. The van der Waals surface area contributed by atoms with Crippen LogP contribution in [0, 0.1) is 6.92 Å². The third-order valence-corrected chi connectivity index (χ3v) is 5.92. The van der Waals surface area contributed by atoms with Crippen molar-refractivity contribution in [1.29, 1.82) is 0 Å². The second kappa shape index (κ2) is 9.53. The van der Waals surface area contributed by atoms with Crippen molar-refractivity contribution in [2.75, 3.05) is 32.6 Å². The van der Waals surface area contributed by atoms with E-state index in [1.807, 2.05) is 0 Å². The number of anilines is 1. The monoisotopic (exact) mass is 420 g/mol. The van der Waals surface area contributed by atoms with Crippen LogP contribution in [-0.4, -0.2) is 51.9 Å². The number of benzene rings is 2. The van der Waals surface area contributed by atoms with E-state index in [0.717, 1.165) is 4.31 Å². The van der Waals surface area contributed by atoms with Crippen molar-refractivity contribution < 1.29 is 27.5 Å². The molecule has 0 heterocycles. The van der Waals surface area contributed by atoms with Crippen LogP contribution in [0.25, 0.3) is 0 Å². The Balaban J connectivity index is 2.04. The van der Waals surface area contributed by atoms with Gasteiger partial charge in [0.15, 0.2) is 0 Å². The van der Waals surface area contributed by atoms with Crippen molar-refractivity contribution in [2.45, 2.75) is 18.7 Å². The first kappa shape index (κ1) is 22.4. The molecule has 0 aliphatic carbocycles. The number of ether oxygens (including phenoxy) is 2. The minimum absolute atomic E-state index is 0.0740. The van der Waals surface area contributed by atoms with Crippen LogP contribution in [0.1, 0.15) is 22.8 Å². The predicted octanol–water partition coefficient (Wildman–Crippen LogP) is 2.44. The van der Waals surface area contributed by atoms with Crippen LogP contribution >= 0.6 is 0 Å². The van der Waals surface area contributed by atoms with Crippen LogP contribution in [0.4, 0.5) is 5.69 Å². The Morgan fingerprint density at radius 3 is 2.31 bits per heavy atom. The number of carbonyl (C=O) groups is 2. The van der Waals surface area contributed by atoms with E-state index in [9.17, 15) is 18.0 Å². The maximum Gasteiger partial charge on any atom is 0.338 e. The molecule has 0 aromatic heterocycles. The van der Waals surface area contributed by atoms with Crippen LogP contribution in [0.5, 0.6) is 5.75 Å². The number of likely N-dealkylation sites (N-methyl/N-ethyl adjacent to an activating group) is 1. The Morgan fingerprint density at radius 2 is 1.76 bits per heavy atom. The number of nitrogens with one attached hydrogen (secondary N) is 1. The van der Waals surface area contributed by atoms with Gasteiger partial charge in [0.1, 0.15) is 5.75 Å². The number of esters is 1. The number of hydrogen-bond acceptors (Lipinski definition) is 6. The van der Waals surface area contributed by atoms with E-state index in [0.29, 0.717) is 22.6 Å². The zero-order chi connectivity index (χ0) is 21.6. The highest BCUT2D eigenvalue weighted by molar-refractivity contribution is 7.89. The van der Waals surface area contributed by atoms with Crippen molar-refractivity contribution in [1.82, 2.24) is 4.31 Å². The third kappa shape index (κ3) is 5.55. The molecule has 0 unspecified atom stereocenters. The Bertz CT molecular complexity index is 987. The Hall–Kier alpha value is -2.91. The lowest BCUT2D eigenvalue weighted by Gasteiger charge is -2.18. The van der Waals surface area contributed by atoms with Crippen LogP contribution in [0.3, 0.4) is 0 Å². The fourth-order valence-electron chi connectivity index (χ4n) is 2.58. The average Bonchev–Trinajstić information content (AvgIpc) is 2.68. The van der Waals surface area contributed by atoms with Crippen LogP contribution < -0.4 is 10.1 Å². The summed E-state index contributed by atoms with van der Waals surface area (Å²) in [6.07, 6.45) is 0. The van der Waals surface area contributed by atoms with Gasteiger partial charge in [0, 0.05) is 12.7 Å². The molecular formula is C20H24N2O6S. The maximum atomic E-state index is 12.7. The summed E-state index contributed by atoms with van der Waals surface area (Å²) in [6.45, 7) is 3.35. The first-order valence-electron chi connectivity index (χ1n) is 8.87. The fraction of sp³-hybridized carbons (Fsp3) is 0.300. The van der Waals surface area contributed by atoms with Gasteiger partial charge in [-0.25, -0.2) is 13.2 Å². The summed E-state index contributed by atoms with van der Waals surface area (Å²) in [5.74, 6) is -0.383. The van der Waals surface area contributed by atoms with Crippen LogP contribution in [-0.2, 0) is 19.6 Å². The number of carbonyl (C=O) groups excluding carboxylic acids is 2. The Labute approximate surface area is 170 Å². The number of nitrogens with zero attached hydrogens (tertiary/aromatic N) is 1. The number of methoxy groups -OCH3 is 1. The maximum absolute atomic E-state index is 12.7. The SMILES string of the molecule is CCOC(=O)c1ccc(NC(=O)CN(C)S(=O)(=O)c2ccc(OC)c(C)c2)cc1. The van der Waals surface area contributed by atoms with Crippen LogP contribution in [0.2, 0.25) is 0 Å². The normalized spacial score (nSPS) is 11.2. The highest BCUT2D eigenvalue weighted by Crippen LogP contribution is 2.23. The van der Waals surface area contributed by atoms with Crippen molar-refractivity contribution in [3.8, 4) is 5.75 Å². The van der Waals surface area contributed by atoms with Crippen molar-refractivity contribution in [3.63, 3.8) is 0 Å². The van der Waals surface area contributed by atoms with Crippen LogP contribution in [0.15, 0.2) is 47.4 Å². The predicted molar refractivity (Wildman–Crippen MR) is 109 cm³/mol. The molecule has 1 N–H and O–H groups in total. The first-order chi connectivity index (χ1) is 13.7. The van der Waals surface area contributed by atoms with E-state index in [1.54, 1.807) is 32.0 Å². The number of rotatable bonds is 8. The van der Waals surface area contributed by atoms with Gasteiger partial charge in [0.25, 0.3) is 0 Å². The van der Waals surface area contributed by atoms with Gasteiger partial charge in [-0.2, -0.15) is 4.31 Å². The average molecular weight is 420 g/mol. The molecule has 9 heteroatoms. The van der Waals surface area contributed by atoms with Gasteiger partial charge in [-0.05, 0) is 61.9 Å². The summed E-state index contributed by atoms with van der Waals surface area (Å²) in [5, 5.41) is 2.61. The quantitative estimate of drug-likeness (QED) is 0.658. The number of sulfonamides is 1. The molecule has 29 heavy (non-hydrogen) atoms. The van der Waals surface area contributed by atoms with Gasteiger partial charge in [-0.3, -0.25) is 4.79 Å². The lowest BCUT2D eigenvalue weighted by molar-refractivity contribution is -0.116. The topological polar surface area (TPSA) is 102 Å². The summed E-state index contributed by atoms with van der Waals surface area (Å²) in [5.41, 5.74) is 1.47. The molecule has 0 bridgehead atoms. The minimum Gasteiger partial charge on any atom is -0.496 e. The van der Waals surface area contributed by atoms with E-state index in [2.05, 4.69) is 5.32 Å². The van der Waals surface area contributed by atoms with E-state index in [4.69, 9.17) is 9.47 Å². The molecule has 0 saturated carbocycles. The standard InChI is InChI=1S/C20H24N2O6S/c1-5-28-20(24)15-6-8-16(9-7-15)21-19(23)13-22(3)29(25,26)17-10-11-18(27-4)14(2)12-17/h6-12H,5,13H2,1-4H3,(H,21,23). The molecule has 2 aromatic carbocycles. The molecule has 2 aromatic rings. The molecule has 1 amide bonds. The smallest absolute Gasteiger partial charge is 0.338 e. The number of hydrogen-bond donors (Lipinski definition) is 1.